The highest BCUT2D eigenvalue weighted by Gasteiger charge is 2.03. The van der Waals surface area contributed by atoms with Gasteiger partial charge in [-0.2, -0.15) is 5.26 Å². The molecule has 0 aliphatic rings. The third-order valence-corrected chi connectivity index (χ3v) is 2.81. The predicted molar refractivity (Wildman–Crippen MR) is 67.1 cm³/mol. The van der Waals surface area contributed by atoms with Gasteiger partial charge in [0.25, 0.3) is 0 Å². The lowest BCUT2D eigenvalue weighted by molar-refractivity contribution is 0.320. The van der Waals surface area contributed by atoms with Crippen LogP contribution in [0.1, 0.15) is 36.5 Å². The maximum absolute atomic E-state index is 8.79. The molecule has 0 aromatic heterocycles. The second-order valence-electron chi connectivity index (χ2n) is 4.34. The van der Waals surface area contributed by atoms with Crippen LogP contribution in [0.2, 0.25) is 0 Å². The van der Waals surface area contributed by atoms with Crippen LogP contribution in [0.3, 0.4) is 0 Å². The molecule has 86 valence electrons. The molecule has 0 atom stereocenters. The minimum Gasteiger partial charge on any atom is -0.302 e. The van der Waals surface area contributed by atoms with Crippen LogP contribution in [0, 0.1) is 18.3 Å². The van der Waals surface area contributed by atoms with Crippen molar-refractivity contribution in [1.29, 1.82) is 5.26 Å². The van der Waals surface area contributed by atoms with Gasteiger partial charge >= 0.3 is 0 Å². The van der Waals surface area contributed by atoms with E-state index in [9.17, 15) is 0 Å². The van der Waals surface area contributed by atoms with Crippen LogP contribution in [0.25, 0.3) is 0 Å². The summed E-state index contributed by atoms with van der Waals surface area (Å²) in [5, 5.41) is 8.79. The third kappa shape index (κ3) is 3.67. The molecule has 1 aromatic rings. The zero-order chi connectivity index (χ0) is 12.0. The predicted octanol–water partition coefficient (Wildman–Crippen LogP) is 3.10. The molecule has 0 unspecified atom stereocenters. The lowest BCUT2D eigenvalue weighted by Gasteiger charge is -2.17. The van der Waals surface area contributed by atoms with Crippen LogP contribution < -0.4 is 0 Å². The van der Waals surface area contributed by atoms with Gasteiger partial charge in [0.1, 0.15) is 0 Å². The highest BCUT2D eigenvalue weighted by molar-refractivity contribution is 5.37. The molecule has 2 nitrogen and oxygen atoms in total. The van der Waals surface area contributed by atoms with Gasteiger partial charge in [0, 0.05) is 6.54 Å². The molecule has 16 heavy (non-hydrogen) atoms. The molecule has 0 aliphatic carbocycles. The van der Waals surface area contributed by atoms with Gasteiger partial charge in [0.05, 0.1) is 11.6 Å². The smallest absolute Gasteiger partial charge is 0.0991 e. The summed E-state index contributed by atoms with van der Waals surface area (Å²) in [4.78, 5) is 2.33. The maximum atomic E-state index is 8.79. The maximum Gasteiger partial charge on any atom is 0.0991 e. The van der Waals surface area contributed by atoms with Gasteiger partial charge in [-0.25, -0.2) is 0 Å². The minimum absolute atomic E-state index is 0.748. The van der Waals surface area contributed by atoms with E-state index in [2.05, 4.69) is 37.9 Å². The molecule has 0 radical (unpaired) electrons. The standard InChI is InChI=1S/C14H20N2/c1-4-5-8-16(3)11-14-7-6-13(10-15)9-12(14)2/h6-7,9H,4-5,8,11H2,1-3H3. The minimum atomic E-state index is 0.748. The van der Waals surface area contributed by atoms with Crippen LogP contribution in [0.15, 0.2) is 18.2 Å². The van der Waals surface area contributed by atoms with Gasteiger partial charge in [0.2, 0.25) is 0 Å². The molecule has 2 heteroatoms. The normalized spacial score (nSPS) is 10.4. The fraction of sp³-hybridized carbons (Fsp3) is 0.500. The zero-order valence-electron chi connectivity index (χ0n) is 10.5. The first-order valence-electron chi connectivity index (χ1n) is 5.85. The summed E-state index contributed by atoms with van der Waals surface area (Å²) in [5.41, 5.74) is 3.28. The molecule has 0 N–H and O–H groups in total. The number of benzene rings is 1. The number of unbranched alkanes of at least 4 members (excludes halogenated alkanes) is 1. The van der Waals surface area contributed by atoms with Crippen molar-refractivity contribution in [2.45, 2.75) is 33.2 Å². The Morgan fingerprint density at radius 1 is 1.38 bits per heavy atom. The Kier molecular flexibility index (Phi) is 5.01. The molecule has 0 saturated carbocycles. The summed E-state index contributed by atoms with van der Waals surface area (Å²) in [5.74, 6) is 0. The molecule has 1 rings (SSSR count). The van der Waals surface area contributed by atoms with E-state index in [1.165, 1.54) is 24.0 Å². The van der Waals surface area contributed by atoms with Gasteiger partial charge in [-0.05, 0) is 50.2 Å². The Labute approximate surface area is 98.5 Å². The van der Waals surface area contributed by atoms with Crippen molar-refractivity contribution in [2.24, 2.45) is 0 Å². The first-order valence-corrected chi connectivity index (χ1v) is 5.85. The SMILES string of the molecule is CCCCN(C)Cc1ccc(C#N)cc1C. The zero-order valence-corrected chi connectivity index (χ0v) is 10.5. The van der Waals surface area contributed by atoms with Crippen LogP contribution in [-0.4, -0.2) is 18.5 Å². The summed E-state index contributed by atoms with van der Waals surface area (Å²) in [7, 11) is 2.15. The van der Waals surface area contributed by atoms with E-state index in [4.69, 9.17) is 5.26 Å². The van der Waals surface area contributed by atoms with Gasteiger partial charge < -0.3 is 4.90 Å². The molecule has 0 saturated heterocycles. The summed E-state index contributed by atoms with van der Waals surface area (Å²) in [6, 6.07) is 8.09. The molecule has 0 fully saturated rings. The van der Waals surface area contributed by atoms with E-state index in [0.717, 1.165) is 18.7 Å². The Bertz CT molecular complexity index is 377. The van der Waals surface area contributed by atoms with Crippen molar-refractivity contribution in [3.63, 3.8) is 0 Å². The lowest BCUT2D eigenvalue weighted by atomic mass is 10.1. The Morgan fingerprint density at radius 3 is 2.69 bits per heavy atom. The van der Waals surface area contributed by atoms with Gasteiger partial charge in [0.15, 0.2) is 0 Å². The average Bonchev–Trinajstić information content (AvgIpc) is 2.29. The molecular weight excluding hydrogens is 196 g/mol. The average molecular weight is 216 g/mol. The van der Waals surface area contributed by atoms with E-state index in [-0.39, 0.29) is 0 Å². The number of rotatable bonds is 5. The van der Waals surface area contributed by atoms with Crippen molar-refractivity contribution in [1.82, 2.24) is 4.90 Å². The van der Waals surface area contributed by atoms with Gasteiger partial charge in [-0.3, -0.25) is 0 Å². The highest BCUT2D eigenvalue weighted by Crippen LogP contribution is 2.12. The highest BCUT2D eigenvalue weighted by atomic mass is 15.1. The lowest BCUT2D eigenvalue weighted by Crippen LogP contribution is -2.19. The third-order valence-electron chi connectivity index (χ3n) is 2.81. The molecule has 0 heterocycles. The fourth-order valence-electron chi connectivity index (χ4n) is 1.74. The Balaban J connectivity index is 2.64. The van der Waals surface area contributed by atoms with E-state index in [1.54, 1.807) is 0 Å². The topological polar surface area (TPSA) is 27.0 Å². The molecule has 0 bridgehead atoms. The number of hydrogen-bond acceptors (Lipinski definition) is 2. The van der Waals surface area contributed by atoms with Crippen molar-refractivity contribution in [3.05, 3.63) is 34.9 Å². The van der Waals surface area contributed by atoms with Crippen LogP contribution in [0.5, 0.6) is 0 Å². The number of hydrogen-bond donors (Lipinski definition) is 0. The fourth-order valence-corrected chi connectivity index (χ4v) is 1.74. The van der Waals surface area contributed by atoms with Crippen molar-refractivity contribution >= 4 is 0 Å². The van der Waals surface area contributed by atoms with Crippen LogP contribution in [0.4, 0.5) is 0 Å². The van der Waals surface area contributed by atoms with E-state index in [1.807, 2.05) is 12.1 Å². The van der Waals surface area contributed by atoms with Crippen LogP contribution >= 0.6 is 0 Å². The molecule has 0 aliphatic heterocycles. The van der Waals surface area contributed by atoms with Crippen LogP contribution in [-0.2, 0) is 6.54 Å². The van der Waals surface area contributed by atoms with Crippen molar-refractivity contribution in [3.8, 4) is 6.07 Å². The summed E-state index contributed by atoms with van der Waals surface area (Å²) in [6.07, 6.45) is 2.47. The molecule has 0 spiro atoms. The molecular formula is C14H20N2. The summed E-state index contributed by atoms with van der Waals surface area (Å²) < 4.78 is 0. The number of aryl methyl sites for hydroxylation is 1. The van der Waals surface area contributed by atoms with Crippen molar-refractivity contribution < 1.29 is 0 Å². The monoisotopic (exact) mass is 216 g/mol. The molecule has 1 aromatic carbocycles. The number of nitrogens with zero attached hydrogens (tertiary/aromatic N) is 2. The summed E-state index contributed by atoms with van der Waals surface area (Å²) in [6.45, 7) is 6.39. The first kappa shape index (κ1) is 12.7. The Morgan fingerprint density at radius 2 is 2.12 bits per heavy atom. The van der Waals surface area contributed by atoms with E-state index >= 15 is 0 Å². The Hall–Kier alpha value is -1.33. The second kappa shape index (κ2) is 6.30. The summed E-state index contributed by atoms with van der Waals surface area (Å²) >= 11 is 0. The van der Waals surface area contributed by atoms with E-state index < -0.39 is 0 Å². The number of nitriles is 1. The quantitative estimate of drug-likeness (QED) is 0.756. The first-order chi connectivity index (χ1) is 7.67. The largest absolute Gasteiger partial charge is 0.302 e. The second-order valence-corrected chi connectivity index (χ2v) is 4.34. The van der Waals surface area contributed by atoms with Gasteiger partial charge in [-0.1, -0.05) is 19.4 Å². The van der Waals surface area contributed by atoms with E-state index in [0.29, 0.717) is 0 Å². The van der Waals surface area contributed by atoms with Crippen molar-refractivity contribution in [2.75, 3.05) is 13.6 Å². The van der Waals surface area contributed by atoms with Gasteiger partial charge in [-0.15, -0.1) is 0 Å². The molecule has 0 amide bonds.